The van der Waals surface area contributed by atoms with Gasteiger partial charge in [-0.1, -0.05) is 54.1 Å². The minimum Gasteiger partial charge on any atom is -0.487 e. The van der Waals surface area contributed by atoms with Crippen LogP contribution in [0.15, 0.2) is 88.7 Å². The van der Waals surface area contributed by atoms with Crippen LogP contribution in [0, 0.1) is 0 Å². The van der Waals surface area contributed by atoms with Crippen molar-refractivity contribution in [3.63, 3.8) is 0 Å². The van der Waals surface area contributed by atoms with E-state index in [2.05, 4.69) is 0 Å². The summed E-state index contributed by atoms with van der Waals surface area (Å²) >= 11 is 6.04. The third kappa shape index (κ3) is 3.61. The second-order valence-corrected chi connectivity index (χ2v) is 7.54. The van der Waals surface area contributed by atoms with Gasteiger partial charge in [-0.15, -0.1) is 0 Å². The summed E-state index contributed by atoms with van der Waals surface area (Å²) in [4.78, 5) is 0.542. The molecule has 3 aromatic carbocycles. The normalized spacial score (nSPS) is 11.2. The lowest BCUT2D eigenvalue weighted by Gasteiger charge is -2.09. The molecule has 3 rings (SSSR count). The first-order valence-electron chi connectivity index (χ1n) is 7.34. The van der Waals surface area contributed by atoms with Crippen LogP contribution in [-0.2, 0) is 16.4 Å². The summed E-state index contributed by atoms with van der Waals surface area (Å²) in [5.74, 6) is 0.597. The highest BCUT2D eigenvalue weighted by Crippen LogP contribution is 2.25. The summed E-state index contributed by atoms with van der Waals surface area (Å²) < 4.78 is 30.7. The van der Waals surface area contributed by atoms with E-state index in [9.17, 15) is 8.42 Å². The van der Waals surface area contributed by atoms with E-state index in [4.69, 9.17) is 16.3 Å². The Labute approximate surface area is 146 Å². The van der Waals surface area contributed by atoms with Gasteiger partial charge in [-0.25, -0.2) is 8.42 Å². The first-order valence-corrected chi connectivity index (χ1v) is 9.20. The SMILES string of the molecule is O=S(=O)(c1ccccc1)c1ccc(COc2ccccc2Cl)cc1. The minimum absolute atomic E-state index is 0.259. The molecule has 3 nitrogen and oxygen atoms in total. The van der Waals surface area contributed by atoms with Gasteiger partial charge in [-0.3, -0.25) is 0 Å². The minimum atomic E-state index is -3.49. The van der Waals surface area contributed by atoms with E-state index in [1.54, 1.807) is 66.7 Å². The third-order valence-electron chi connectivity index (χ3n) is 3.52. The van der Waals surface area contributed by atoms with Crippen LogP contribution in [0.2, 0.25) is 5.02 Å². The molecule has 0 bridgehead atoms. The Morgan fingerprint density at radius 3 is 2.00 bits per heavy atom. The molecule has 0 unspecified atom stereocenters. The number of hydrogen-bond acceptors (Lipinski definition) is 3. The van der Waals surface area contributed by atoms with Crippen LogP contribution in [0.1, 0.15) is 5.56 Å². The fourth-order valence-electron chi connectivity index (χ4n) is 2.22. The van der Waals surface area contributed by atoms with E-state index < -0.39 is 9.84 Å². The van der Waals surface area contributed by atoms with E-state index in [1.165, 1.54) is 0 Å². The quantitative estimate of drug-likeness (QED) is 0.661. The van der Waals surface area contributed by atoms with Crippen molar-refractivity contribution in [2.75, 3.05) is 0 Å². The number of hydrogen-bond donors (Lipinski definition) is 0. The van der Waals surface area contributed by atoms with Crippen LogP contribution in [0.4, 0.5) is 0 Å². The summed E-state index contributed by atoms with van der Waals surface area (Å²) in [5, 5.41) is 0.542. The highest BCUT2D eigenvalue weighted by atomic mass is 35.5. The van der Waals surface area contributed by atoms with Crippen molar-refractivity contribution in [2.45, 2.75) is 16.4 Å². The number of halogens is 1. The lowest BCUT2D eigenvalue weighted by molar-refractivity contribution is 0.306. The Bertz CT molecular complexity index is 920. The molecule has 0 fully saturated rings. The van der Waals surface area contributed by atoms with Crippen molar-refractivity contribution in [3.8, 4) is 5.75 Å². The summed E-state index contributed by atoms with van der Waals surface area (Å²) in [6, 6.07) is 22.3. The zero-order valence-electron chi connectivity index (χ0n) is 12.7. The maximum Gasteiger partial charge on any atom is 0.206 e. The van der Waals surface area contributed by atoms with E-state index in [-0.39, 0.29) is 9.79 Å². The van der Waals surface area contributed by atoms with Crippen LogP contribution >= 0.6 is 11.6 Å². The Hall–Kier alpha value is -2.30. The molecule has 0 N–H and O–H groups in total. The van der Waals surface area contributed by atoms with Crippen LogP contribution in [-0.4, -0.2) is 8.42 Å². The van der Waals surface area contributed by atoms with Gasteiger partial charge in [0.1, 0.15) is 12.4 Å². The maximum absolute atomic E-state index is 12.5. The van der Waals surface area contributed by atoms with Crippen LogP contribution < -0.4 is 4.74 Å². The lowest BCUT2D eigenvalue weighted by Crippen LogP contribution is -2.02. The molecule has 0 atom stereocenters. The smallest absolute Gasteiger partial charge is 0.206 e. The van der Waals surface area contributed by atoms with Gasteiger partial charge in [-0.2, -0.15) is 0 Å². The fraction of sp³-hybridized carbons (Fsp3) is 0.0526. The van der Waals surface area contributed by atoms with Gasteiger partial charge in [0.15, 0.2) is 0 Å². The fourth-order valence-corrected chi connectivity index (χ4v) is 3.70. The first-order chi connectivity index (χ1) is 11.6. The number of rotatable bonds is 5. The van der Waals surface area contributed by atoms with Crippen LogP contribution in [0.5, 0.6) is 5.75 Å². The molecule has 5 heteroatoms. The molecular weight excluding hydrogens is 344 g/mol. The Kier molecular flexibility index (Phi) is 4.88. The lowest BCUT2D eigenvalue weighted by atomic mass is 10.2. The van der Waals surface area contributed by atoms with Crippen molar-refractivity contribution in [3.05, 3.63) is 89.4 Å². The average molecular weight is 359 g/mol. The molecule has 0 amide bonds. The molecule has 0 spiro atoms. The summed E-state index contributed by atoms with van der Waals surface area (Å²) in [6.45, 7) is 0.315. The first kappa shape index (κ1) is 16.6. The average Bonchev–Trinajstić information content (AvgIpc) is 2.62. The van der Waals surface area contributed by atoms with Gasteiger partial charge in [0, 0.05) is 0 Å². The van der Waals surface area contributed by atoms with Crippen molar-refractivity contribution < 1.29 is 13.2 Å². The van der Waals surface area contributed by atoms with Crippen LogP contribution in [0.25, 0.3) is 0 Å². The maximum atomic E-state index is 12.5. The van der Waals surface area contributed by atoms with Gasteiger partial charge in [0.25, 0.3) is 0 Å². The Morgan fingerprint density at radius 2 is 1.33 bits per heavy atom. The highest BCUT2D eigenvalue weighted by Gasteiger charge is 2.16. The number of ether oxygens (including phenoxy) is 1. The number of para-hydroxylation sites is 1. The molecule has 0 radical (unpaired) electrons. The van der Waals surface area contributed by atoms with E-state index in [1.807, 2.05) is 12.1 Å². The molecule has 3 aromatic rings. The second kappa shape index (κ2) is 7.07. The monoisotopic (exact) mass is 358 g/mol. The Morgan fingerprint density at radius 1 is 0.750 bits per heavy atom. The zero-order chi connectivity index (χ0) is 17.0. The number of sulfone groups is 1. The van der Waals surface area contributed by atoms with Crippen molar-refractivity contribution in [1.82, 2.24) is 0 Å². The molecule has 0 aromatic heterocycles. The molecule has 0 aliphatic carbocycles. The third-order valence-corrected chi connectivity index (χ3v) is 5.62. The predicted molar refractivity (Wildman–Crippen MR) is 94.1 cm³/mol. The molecule has 24 heavy (non-hydrogen) atoms. The molecular formula is C19H15ClO3S. The van der Waals surface area contributed by atoms with Crippen LogP contribution in [0.3, 0.4) is 0 Å². The van der Waals surface area contributed by atoms with Gasteiger partial charge in [0.2, 0.25) is 9.84 Å². The van der Waals surface area contributed by atoms with Crippen molar-refractivity contribution in [1.29, 1.82) is 0 Å². The molecule has 0 saturated carbocycles. The molecule has 0 aliphatic rings. The van der Waals surface area contributed by atoms with E-state index in [0.29, 0.717) is 17.4 Å². The largest absolute Gasteiger partial charge is 0.487 e. The molecule has 0 heterocycles. The number of benzene rings is 3. The van der Waals surface area contributed by atoms with Crippen molar-refractivity contribution in [2.24, 2.45) is 0 Å². The predicted octanol–water partition coefficient (Wildman–Crippen LogP) is 4.75. The zero-order valence-corrected chi connectivity index (χ0v) is 14.3. The standard InChI is InChI=1S/C19H15ClO3S/c20-18-8-4-5-9-19(18)23-14-15-10-12-17(13-11-15)24(21,22)16-6-2-1-3-7-16/h1-13H,14H2. The molecule has 122 valence electrons. The summed E-state index contributed by atoms with van der Waals surface area (Å²) in [5.41, 5.74) is 0.863. The summed E-state index contributed by atoms with van der Waals surface area (Å²) in [6.07, 6.45) is 0. The van der Waals surface area contributed by atoms with Gasteiger partial charge >= 0.3 is 0 Å². The second-order valence-electron chi connectivity index (χ2n) is 5.18. The topological polar surface area (TPSA) is 43.4 Å². The van der Waals surface area contributed by atoms with Gasteiger partial charge in [-0.05, 0) is 42.0 Å². The van der Waals surface area contributed by atoms with Gasteiger partial charge < -0.3 is 4.74 Å². The molecule has 0 saturated heterocycles. The Balaban J connectivity index is 1.75. The van der Waals surface area contributed by atoms with E-state index in [0.717, 1.165) is 5.56 Å². The highest BCUT2D eigenvalue weighted by molar-refractivity contribution is 7.91. The molecule has 0 aliphatic heterocycles. The van der Waals surface area contributed by atoms with E-state index >= 15 is 0 Å². The van der Waals surface area contributed by atoms with Crippen molar-refractivity contribution >= 4 is 21.4 Å². The summed E-state index contributed by atoms with van der Waals surface area (Å²) in [7, 11) is -3.49. The van der Waals surface area contributed by atoms with Gasteiger partial charge in [0.05, 0.1) is 14.8 Å².